The summed E-state index contributed by atoms with van der Waals surface area (Å²) < 4.78 is 5.25. The van der Waals surface area contributed by atoms with E-state index in [1.165, 1.54) is 25.7 Å². The van der Waals surface area contributed by atoms with Crippen LogP contribution in [0.1, 0.15) is 63.9 Å². The highest BCUT2D eigenvalue weighted by Crippen LogP contribution is 2.10. The third kappa shape index (κ3) is 10.1. The minimum atomic E-state index is -0.253. The number of rotatable bonds is 12. The van der Waals surface area contributed by atoms with Gasteiger partial charge in [0.25, 0.3) is 0 Å². The summed E-state index contributed by atoms with van der Waals surface area (Å²) in [5.74, 6) is -0.253. The number of hydrogen-bond donors (Lipinski definition) is 2. The molecule has 0 spiro atoms. The third-order valence-electron chi connectivity index (χ3n) is 3.96. The molecule has 0 aromatic heterocycles. The highest BCUT2D eigenvalue weighted by Gasteiger charge is 2.14. The van der Waals surface area contributed by atoms with E-state index in [2.05, 4.69) is 6.92 Å². The van der Waals surface area contributed by atoms with E-state index < -0.39 is 0 Å². The monoisotopic (exact) mass is 320 g/mol. The summed E-state index contributed by atoms with van der Waals surface area (Å²) in [5, 5.41) is 0. The molecule has 0 bridgehead atoms. The van der Waals surface area contributed by atoms with Crippen LogP contribution in [0.2, 0.25) is 0 Å². The van der Waals surface area contributed by atoms with Crippen molar-refractivity contribution in [2.24, 2.45) is 11.5 Å². The molecule has 0 aliphatic carbocycles. The molecule has 0 aliphatic heterocycles. The highest BCUT2D eigenvalue weighted by molar-refractivity contribution is 5.70. The van der Waals surface area contributed by atoms with Crippen LogP contribution in [0.3, 0.4) is 0 Å². The molecule has 4 heteroatoms. The van der Waals surface area contributed by atoms with Gasteiger partial charge < -0.3 is 16.2 Å². The molecule has 0 amide bonds. The van der Waals surface area contributed by atoms with Gasteiger partial charge in [0, 0.05) is 12.1 Å². The van der Waals surface area contributed by atoms with Gasteiger partial charge in [-0.25, -0.2) is 0 Å². The molecule has 2 atom stereocenters. The van der Waals surface area contributed by atoms with E-state index >= 15 is 0 Å². The maximum absolute atomic E-state index is 11.8. The molecule has 0 heterocycles. The average molecular weight is 320 g/mol. The van der Waals surface area contributed by atoms with Gasteiger partial charge in [-0.3, -0.25) is 4.79 Å². The fraction of sp³-hybridized carbons (Fsp3) is 0.632. The lowest BCUT2D eigenvalue weighted by atomic mass is 10.00. The first-order valence-corrected chi connectivity index (χ1v) is 8.82. The van der Waals surface area contributed by atoms with Crippen molar-refractivity contribution in [3.8, 4) is 0 Å². The Hall–Kier alpha value is -1.39. The van der Waals surface area contributed by atoms with Crippen LogP contribution in [0.15, 0.2) is 30.3 Å². The molecule has 4 nitrogen and oxygen atoms in total. The summed E-state index contributed by atoms with van der Waals surface area (Å²) in [6.45, 7) is 2.51. The normalized spacial score (nSPS) is 13.5. The molecule has 23 heavy (non-hydrogen) atoms. The first kappa shape index (κ1) is 19.7. The fourth-order valence-electron chi connectivity index (χ4n) is 2.61. The zero-order chi connectivity index (χ0) is 16.9. The van der Waals surface area contributed by atoms with E-state index in [0.29, 0.717) is 13.0 Å². The zero-order valence-electron chi connectivity index (χ0n) is 14.4. The molecular formula is C19H32N2O2. The van der Waals surface area contributed by atoms with E-state index in [1.54, 1.807) is 0 Å². The van der Waals surface area contributed by atoms with Crippen LogP contribution in [0, 0.1) is 0 Å². The standard InChI is InChI=1S/C19H32N2O2/c1-2-3-4-5-9-12-17(20)13-18(21)14-19(22)23-15-16-10-7-6-8-11-16/h6-8,10-11,17-18H,2-5,9,12-15,20-21H2,1H3. The Bertz CT molecular complexity index is 423. The van der Waals surface area contributed by atoms with Gasteiger partial charge in [0.2, 0.25) is 0 Å². The van der Waals surface area contributed by atoms with Gasteiger partial charge in [-0.2, -0.15) is 0 Å². The van der Waals surface area contributed by atoms with Crippen LogP contribution in [-0.2, 0) is 16.1 Å². The molecule has 1 aromatic rings. The SMILES string of the molecule is CCCCCCCC(N)CC(N)CC(=O)OCc1ccccc1. The Balaban J connectivity index is 2.12. The number of unbranched alkanes of at least 4 members (excludes halogenated alkanes) is 4. The molecule has 0 fully saturated rings. The molecule has 1 rings (SSSR count). The molecule has 2 unspecified atom stereocenters. The number of hydrogen-bond acceptors (Lipinski definition) is 4. The third-order valence-corrected chi connectivity index (χ3v) is 3.96. The Morgan fingerprint density at radius 1 is 1.04 bits per heavy atom. The van der Waals surface area contributed by atoms with Crippen molar-refractivity contribution in [3.63, 3.8) is 0 Å². The largest absolute Gasteiger partial charge is 0.461 e. The second-order valence-electron chi connectivity index (χ2n) is 6.31. The van der Waals surface area contributed by atoms with E-state index in [9.17, 15) is 4.79 Å². The second kappa shape index (κ2) is 12.1. The fourth-order valence-corrected chi connectivity index (χ4v) is 2.61. The Kier molecular flexibility index (Phi) is 10.3. The summed E-state index contributed by atoms with van der Waals surface area (Å²) in [4.78, 5) is 11.8. The van der Waals surface area contributed by atoms with Crippen LogP contribution in [-0.4, -0.2) is 18.1 Å². The van der Waals surface area contributed by atoms with Crippen molar-refractivity contribution >= 4 is 5.97 Å². The lowest BCUT2D eigenvalue weighted by molar-refractivity contribution is -0.145. The van der Waals surface area contributed by atoms with Crippen molar-refractivity contribution < 1.29 is 9.53 Å². The first-order valence-electron chi connectivity index (χ1n) is 8.82. The topological polar surface area (TPSA) is 78.3 Å². The van der Waals surface area contributed by atoms with E-state index in [4.69, 9.17) is 16.2 Å². The Labute approximate surface area is 140 Å². The lowest BCUT2D eigenvalue weighted by Gasteiger charge is -2.16. The van der Waals surface area contributed by atoms with Crippen molar-refractivity contribution in [1.82, 2.24) is 0 Å². The molecule has 0 radical (unpaired) electrons. The number of nitrogens with two attached hydrogens (primary N) is 2. The van der Waals surface area contributed by atoms with Crippen LogP contribution in [0.4, 0.5) is 0 Å². The number of ether oxygens (including phenoxy) is 1. The number of benzene rings is 1. The minimum Gasteiger partial charge on any atom is -0.461 e. The number of carbonyl (C=O) groups is 1. The molecular weight excluding hydrogens is 288 g/mol. The van der Waals surface area contributed by atoms with Crippen molar-refractivity contribution in [1.29, 1.82) is 0 Å². The van der Waals surface area contributed by atoms with Crippen LogP contribution in [0.5, 0.6) is 0 Å². The van der Waals surface area contributed by atoms with Gasteiger partial charge in [-0.1, -0.05) is 69.4 Å². The molecule has 4 N–H and O–H groups in total. The predicted octanol–water partition coefficient (Wildman–Crippen LogP) is 3.53. The lowest BCUT2D eigenvalue weighted by Crippen LogP contribution is -2.33. The summed E-state index contributed by atoms with van der Waals surface area (Å²) >= 11 is 0. The van der Waals surface area contributed by atoms with Gasteiger partial charge in [0.05, 0.1) is 6.42 Å². The average Bonchev–Trinajstić information content (AvgIpc) is 2.53. The van der Waals surface area contributed by atoms with E-state index in [1.807, 2.05) is 30.3 Å². The maximum Gasteiger partial charge on any atom is 0.307 e. The zero-order valence-corrected chi connectivity index (χ0v) is 14.4. The van der Waals surface area contributed by atoms with E-state index in [-0.39, 0.29) is 24.5 Å². The summed E-state index contributed by atoms with van der Waals surface area (Å²) in [7, 11) is 0. The summed E-state index contributed by atoms with van der Waals surface area (Å²) in [6, 6.07) is 9.51. The van der Waals surface area contributed by atoms with Crippen molar-refractivity contribution in [2.45, 2.75) is 77.0 Å². The van der Waals surface area contributed by atoms with Crippen molar-refractivity contribution in [3.05, 3.63) is 35.9 Å². The van der Waals surface area contributed by atoms with Crippen molar-refractivity contribution in [2.75, 3.05) is 0 Å². The van der Waals surface area contributed by atoms with Crippen LogP contribution in [0.25, 0.3) is 0 Å². The number of esters is 1. The first-order chi connectivity index (χ1) is 11.1. The van der Waals surface area contributed by atoms with Gasteiger partial charge in [0.15, 0.2) is 0 Å². The quantitative estimate of drug-likeness (QED) is 0.456. The minimum absolute atomic E-state index is 0.0774. The molecule has 1 aromatic carbocycles. The van der Waals surface area contributed by atoms with E-state index in [0.717, 1.165) is 18.4 Å². The van der Waals surface area contributed by atoms with Crippen LogP contribution >= 0.6 is 0 Å². The molecule has 0 aliphatic rings. The maximum atomic E-state index is 11.8. The van der Waals surface area contributed by atoms with Gasteiger partial charge in [-0.15, -0.1) is 0 Å². The molecule has 130 valence electrons. The van der Waals surface area contributed by atoms with Gasteiger partial charge >= 0.3 is 5.97 Å². The Morgan fingerprint density at radius 3 is 2.43 bits per heavy atom. The Morgan fingerprint density at radius 2 is 1.74 bits per heavy atom. The summed E-state index contributed by atoms with van der Waals surface area (Å²) in [6.07, 6.45) is 8.09. The number of carbonyl (C=O) groups excluding carboxylic acids is 1. The smallest absolute Gasteiger partial charge is 0.307 e. The van der Waals surface area contributed by atoms with Crippen LogP contribution < -0.4 is 11.5 Å². The van der Waals surface area contributed by atoms with Gasteiger partial charge in [0.1, 0.15) is 6.61 Å². The van der Waals surface area contributed by atoms with Gasteiger partial charge in [-0.05, 0) is 18.4 Å². The molecule has 0 saturated heterocycles. The second-order valence-corrected chi connectivity index (χ2v) is 6.31. The molecule has 0 saturated carbocycles. The highest BCUT2D eigenvalue weighted by atomic mass is 16.5. The predicted molar refractivity (Wildman–Crippen MR) is 94.8 cm³/mol. The summed E-state index contributed by atoms with van der Waals surface area (Å²) in [5.41, 5.74) is 13.1.